The van der Waals surface area contributed by atoms with Gasteiger partial charge < -0.3 is 5.32 Å². The first-order valence-electron chi connectivity index (χ1n) is 7.42. The Morgan fingerprint density at radius 2 is 1.83 bits per heavy atom. The first-order chi connectivity index (χ1) is 11.4. The third-order valence-electron chi connectivity index (χ3n) is 3.16. The summed E-state index contributed by atoms with van der Waals surface area (Å²) in [6, 6.07) is 13.3. The van der Waals surface area contributed by atoms with Crippen LogP contribution in [-0.4, -0.2) is 20.1 Å². The van der Waals surface area contributed by atoms with E-state index in [0.29, 0.717) is 28.9 Å². The van der Waals surface area contributed by atoms with Gasteiger partial charge in [-0.25, -0.2) is 8.42 Å². The summed E-state index contributed by atoms with van der Waals surface area (Å²) >= 11 is 0. The van der Waals surface area contributed by atoms with Crippen LogP contribution in [0.25, 0.3) is 0 Å². The van der Waals surface area contributed by atoms with Crippen LogP contribution in [0.3, 0.4) is 0 Å². The Bertz CT molecular complexity index is 883. The highest BCUT2D eigenvalue weighted by molar-refractivity contribution is 7.92. The fourth-order valence-electron chi connectivity index (χ4n) is 2.11. The molecule has 0 aromatic heterocycles. The molecule has 24 heavy (non-hydrogen) atoms. The van der Waals surface area contributed by atoms with Crippen LogP contribution < -0.4 is 10.0 Å². The summed E-state index contributed by atoms with van der Waals surface area (Å²) in [7, 11) is -3.40. The molecule has 1 amide bonds. The fraction of sp³-hybridized carbons (Fsp3) is 0.167. The van der Waals surface area contributed by atoms with E-state index in [1.54, 1.807) is 49.4 Å². The van der Waals surface area contributed by atoms with Gasteiger partial charge in [0.05, 0.1) is 5.75 Å². The van der Waals surface area contributed by atoms with Crippen molar-refractivity contribution in [1.82, 2.24) is 0 Å². The molecule has 0 aliphatic carbocycles. The van der Waals surface area contributed by atoms with Gasteiger partial charge in [0, 0.05) is 22.5 Å². The number of carbonyl (C=O) groups excluding carboxylic acids is 1. The molecule has 2 rings (SSSR count). The summed E-state index contributed by atoms with van der Waals surface area (Å²) in [5, 5.41) is 2.74. The minimum absolute atomic E-state index is 0.0301. The van der Waals surface area contributed by atoms with Gasteiger partial charge >= 0.3 is 0 Å². The molecule has 0 atom stereocenters. The van der Waals surface area contributed by atoms with Crippen molar-refractivity contribution in [3.63, 3.8) is 0 Å². The van der Waals surface area contributed by atoms with E-state index in [2.05, 4.69) is 16.0 Å². The first-order valence-corrected chi connectivity index (χ1v) is 9.07. The molecule has 2 N–H and O–H groups in total. The molecule has 2 aromatic rings. The minimum Gasteiger partial charge on any atom is -0.322 e. The maximum atomic E-state index is 12.3. The summed E-state index contributed by atoms with van der Waals surface area (Å²) < 4.78 is 26.1. The molecule has 2 aromatic carbocycles. The van der Waals surface area contributed by atoms with Crippen molar-refractivity contribution in [3.8, 4) is 12.3 Å². The van der Waals surface area contributed by atoms with Gasteiger partial charge in [0.15, 0.2) is 0 Å². The number of hydrogen-bond donors (Lipinski definition) is 2. The van der Waals surface area contributed by atoms with Gasteiger partial charge in [-0.05, 0) is 42.8 Å². The van der Waals surface area contributed by atoms with Gasteiger partial charge in [0.25, 0.3) is 5.91 Å². The molecule has 6 heteroatoms. The number of nitrogens with one attached hydrogen (secondary N) is 2. The van der Waals surface area contributed by atoms with E-state index in [1.165, 1.54) is 6.07 Å². The highest BCUT2D eigenvalue weighted by Crippen LogP contribution is 2.16. The predicted octanol–water partition coefficient (Wildman–Crippen LogP) is 3.07. The molecular formula is C18H18N2O3S. The highest BCUT2D eigenvalue weighted by atomic mass is 32.2. The van der Waals surface area contributed by atoms with E-state index in [0.717, 1.165) is 0 Å². The average Bonchev–Trinajstić information content (AvgIpc) is 2.54. The Kier molecular flexibility index (Phi) is 5.61. The number of sulfonamides is 1. The van der Waals surface area contributed by atoms with E-state index >= 15 is 0 Å². The van der Waals surface area contributed by atoms with Gasteiger partial charge in [-0.2, -0.15) is 0 Å². The summed E-state index contributed by atoms with van der Waals surface area (Å²) in [5.74, 6) is 2.18. The molecule has 0 aliphatic heterocycles. The number of terminal acetylenes is 1. The number of hydrogen-bond acceptors (Lipinski definition) is 3. The molecule has 0 radical (unpaired) electrons. The Morgan fingerprint density at radius 3 is 2.54 bits per heavy atom. The number of carbonyl (C=O) groups is 1. The number of benzene rings is 2. The summed E-state index contributed by atoms with van der Waals surface area (Å²) in [4.78, 5) is 12.3. The van der Waals surface area contributed by atoms with Crippen molar-refractivity contribution >= 4 is 27.3 Å². The molecule has 0 unspecified atom stereocenters. The Morgan fingerprint density at radius 1 is 1.12 bits per heavy atom. The highest BCUT2D eigenvalue weighted by Gasteiger charge is 2.11. The second kappa shape index (κ2) is 7.66. The number of amides is 1. The van der Waals surface area contributed by atoms with Crippen molar-refractivity contribution < 1.29 is 13.2 Å². The van der Waals surface area contributed by atoms with Gasteiger partial charge in [0.1, 0.15) is 0 Å². The number of rotatable bonds is 6. The van der Waals surface area contributed by atoms with E-state index in [4.69, 9.17) is 6.42 Å². The smallest absolute Gasteiger partial charge is 0.255 e. The zero-order valence-electron chi connectivity index (χ0n) is 13.2. The second-order valence-electron chi connectivity index (χ2n) is 5.18. The van der Waals surface area contributed by atoms with E-state index in [9.17, 15) is 13.2 Å². The van der Waals surface area contributed by atoms with Crippen molar-refractivity contribution in [2.75, 3.05) is 15.8 Å². The summed E-state index contributed by atoms with van der Waals surface area (Å²) in [6.45, 7) is 1.79. The molecule has 0 bridgehead atoms. The Balaban J connectivity index is 2.16. The van der Waals surface area contributed by atoms with Crippen LogP contribution in [0, 0.1) is 12.3 Å². The summed E-state index contributed by atoms with van der Waals surface area (Å²) in [6.07, 6.45) is 5.85. The first kappa shape index (κ1) is 17.6. The van der Waals surface area contributed by atoms with Crippen molar-refractivity contribution in [1.29, 1.82) is 0 Å². The molecule has 0 fully saturated rings. The van der Waals surface area contributed by atoms with Crippen LogP contribution >= 0.6 is 0 Å². The molecule has 0 aliphatic rings. The van der Waals surface area contributed by atoms with Crippen LogP contribution in [0.1, 0.15) is 29.3 Å². The fourth-order valence-corrected chi connectivity index (χ4v) is 3.24. The predicted molar refractivity (Wildman–Crippen MR) is 96.5 cm³/mol. The lowest BCUT2D eigenvalue weighted by Crippen LogP contribution is -2.17. The Hall–Kier alpha value is -2.78. The lowest BCUT2D eigenvalue weighted by Gasteiger charge is -2.09. The maximum absolute atomic E-state index is 12.3. The molecule has 0 saturated carbocycles. The molecule has 0 saturated heterocycles. The third kappa shape index (κ3) is 4.86. The molecule has 124 valence electrons. The van der Waals surface area contributed by atoms with Gasteiger partial charge in [-0.1, -0.05) is 25.0 Å². The van der Waals surface area contributed by atoms with Crippen LogP contribution in [0.2, 0.25) is 0 Å². The maximum Gasteiger partial charge on any atom is 0.255 e. The van der Waals surface area contributed by atoms with E-state index in [1.807, 2.05) is 0 Å². The van der Waals surface area contributed by atoms with Crippen LogP contribution in [-0.2, 0) is 10.0 Å². The number of anilines is 2. The molecule has 5 nitrogen and oxygen atoms in total. The third-order valence-corrected chi connectivity index (χ3v) is 4.65. The van der Waals surface area contributed by atoms with E-state index < -0.39 is 10.0 Å². The average molecular weight is 342 g/mol. The molecular weight excluding hydrogens is 324 g/mol. The quantitative estimate of drug-likeness (QED) is 0.792. The largest absolute Gasteiger partial charge is 0.322 e. The minimum atomic E-state index is -3.40. The van der Waals surface area contributed by atoms with E-state index in [-0.39, 0.29) is 11.7 Å². The monoisotopic (exact) mass is 342 g/mol. The summed E-state index contributed by atoms with van der Waals surface area (Å²) in [5.41, 5.74) is 1.94. The normalized spacial score (nSPS) is 10.7. The lowest BCUT2D eigenvalue weighted by molar-refractivity contribution is 0.102. The SMILES string of the molecule is C#Cc1cccc(NC(=O)c2cccc(NS(=O)(=O)CCC)c2)c1. The van der Waals surface area contributed by atoms with Crippen LogP contribution in [0.15, 0.2) is 48.5 Å². The standard InChI is InChI=1S/C18H18N2O3S/c1-3-11-24(22,23)20-17-10-6-8-15(13-17)18(21)19-16-9-5-7-14(4-2)12-16/h2,5-10,12-13,20H,3,11H2,1H3,(H,19,21). The Labute approximate surface area is 142 Å². The van der Waals surface area contributed by atoms with Crippen LogP contribution in [0.5, 0.6) is 0 Å². The van der Waals surface area contributed by atoms with Gasteiger partial charge in [0.2, 0.25) is 10.0 Å². The lowest BCUT2D eigenvalue weighted by atomic mass is 10.1. The second-order valence-corrected chi connectivity index (χ2v) is 7.02. The van der Waals surface area contributed by atoms with Gasteiger partial charge in [-0.15, -0.1) is 6.42 Å². The molecule has 0 spiro atoms. The van der Waals surface area contributed by atoms with Crippen molar-refractivity contribution in [2.45, 2.75) is 13.3 Å². The van der Waals surface area contributed by atoms with Crippen molar-refractivity contribution in [3.05, 3.63) is 59.7 Å². The van der Waals surface area contributed by atoms with Crippen molar-refractivity contribution in [2.24, 2.45) is 0 Å². The van der Waals surface area contributed by atoms with Gasteiger partial charge in [-0.3, -0.25) is 9.52 Å². The topological polar surface area (TPSA) is 75.3 Å². The zero-order chi connectivity index (χ0) is 17.6. The van der Waals surface area contributed by atoms with Crippen LogP contribution in [0.4, 0.5) is 11.4 Å². The zero-order valence-corrected chi connectivity index (χ0v) is 14.1. The molecule has 0 heterocycles.